The topological polar surface area (TPSA) is 113 Å². The second-order valence-electron chi connectivity index (χ2n) is 6.15. The van der Waals surface area contributed by atoms with Gasteiger partial charge in [-0.15, -0.1) is 0 Å². The van der Waals surface area contributed by atoms with Crippen molar-refractivity contribution in [1.82, 2.24) is 19.7 Å². The van der Waals surface area contributed by atoms with E-state index in [0.29, 0.717) is 11.2 Å². The Morgan fingerprint density at radius 3 is 2.66 bits per heavy atom. The number of hydrogen-bond acceptors (Lipinski definition) is 5. The number of carbonyl (C=O) groups is 1. The number of aromatic nitrogens is 4. The van der Waals surface area contributed by atoms with E-state index in [9.17, 15) is 18.4 Å². The molecule has 146 valence electrons. The number of H-pyrrole nitrogens is 1. The first-order valence-electron chi connectivity index (χ1n) is 8.41. The number of halogens is 2. The summed E-state index contributed by atoms with van der Waals surface area (Å²) in [6.45, 7) is -0.0985. The highest BCUT2D eigenvalue weighted by Gasteiger charge is 2.12. The molecule has 0 bridgehead atoms. The molecule has 3 N–H and O–H groups in total. The van der Waals surface area contributed by atoms with E-state index in [1.807, 2.05) is 0 Å². The second-order valence-corrected chi connectivity index (χ2v) is 6.15. The maximum absolute atomic E-state index is 13.7. The van der Waals surface area contributed by atoms with Crippen LogP contribution in [-0.2, 0) is 6.54 Å². The van der Waals surface area contributed by atoms with Crippen molar-refractivity contribution in [3.63, 3.8) is 0 Å². The van der Waals surface area contributed by atoms with Crippen molar-refractivity contribution in [3.8, 4) is 5.95 Å². The number of fused-ring (bicyclic) bond motifs is 1. The van der Waals surface area contributed by atoms with E-state index < -0.39 is 23.2 Å². The molecule has 2 aromatic heterocycles. The molecule has 0 saturated carbocycles. The fourth-order valence-corrected chi connectivity index (χ4v) is 2.79. The van der Waals surface area contributed by atoms with Crippen molar-refractivity contribution in [2.75, 3.05) is 5.32 Å². The molecule has 2 heterocycles. The fraction of sp³-hybridized carbons (Fsp3) is 0.0526. The Hall–Kier alpha value is -4.08. The molecule has 0 saturated heterocycles. The van der Waals surface area contributed by atoms with E-state index >= 15 is 0 Å². The largest absolute Gasteiger partial charge is 0.478 e. The predicted molar refractivity (Wildman–Crippen MR) is 100 cm³/mol. The molecule has 4 aromatic rings. The Kier molecular flexibility index (Phi) is 4.51. The zero-order valence-electron chi connectivity index (χ0n) is 14.7. The molecule has 0 amide bonds. The summed E-state index contributed by atoms with van der Waals surface area (Å²) in [4.78, 5) is 30.2. The number of aromatic carboxylic acids is 1. The van der Waals surface area contributed by atoms with Gasteiger partial charge in [-0.1, -0.05) is 6.07 Å². The van der Waals surface area contributed by atoms with Crippen molar-refractivity contribution >= 4 is 22.6 Å². The Labute approximate surface area is 161 Å². The molecule has 2 aromatic carbocycles. The number of nitrogens with zero attached hydrogens (tertiary/aromatic N) is 3. The normalized spacial score (nSPS) is 11.0. The van der Waals surface area contributed by atoms with E-state index in [0.717, 1.165) is 10.9 Å². The van der Waals surface area contributed by atoms with Crippen molar-refractivity contribution in [3.05, 3.63) is 81.9 Å². The highest BCUT2D eigenvalue weighted by Crippen LogP contribution is 2.18. The minimum absolute atomic E-state index is 0.0485. The van der Waals surface area contributed by atoms with Gasteiger partial charge in [0, 0.05) is 24.0 Å². The molecule has 0 spiro atoms. The van der Waals surface area contributed by atoms with Crippen LogP contribution in [0.25, 0.3) is 16.9 Å². The van der Waals surface area contributed by atoms with Crippen LogP contribution in [0.15, 0.2) is 53.6 Å². The van der Waals surface area contributed by atoms with Gasteiger partial charge in [-0.2, -0.15) is 5.10 Å². The number of nitrogens with one attached hydrogen (secondary N) is 2. The van der Waals surface area contributed by atoms with Gasteiger partial charge in [0.25, 0.3) is 5.56 Å². The van der Waals surface area contributed by atoms with Crippen LogP contribution in [0.4, 0.5) is 14.5 Å². The average Bonchev–Trinajstić information content (AvgIpc) is 3.18. The summed E-state index contributed by atoms with van der Waals surface area (Å²) in [5, 5.41) is 16.0. The van der Waals surface area contributed by atoms with Gasteiger partial charge < -0.3 is 10.4 Å². The molecule has 0 unspecified atom stereocenters. The average molecular weight is 397 g/mol. The molecule has 29 heavy (non-hydrogen) atoms. The van der Waals surface area contributed by atoms with Crippen LogP contribution in [0.2, 0.25) is 0 Å². The molecule has 0 atom stereocenters. The second kappa shape index (κ2) is 7.15. The number of carboxylic acids is 1. The van der Waals surface area contributed by atoms with Crippen molar-refractivity contribution < 1.29 is 18.7 Å². The Morgan fingerprint density at radius 2 is 1.97 bits per heavy atom. The maximum Gasteiger partial charge on any atom is 0.338 e. The van der Waals surface area contributed by atoms with Crippen LogP contribution in [-0.4, -0.2) is 30.8 Å². The minimum Gasteiger partial charge on any atom is -0.478 e. The molecular formula is C19H13F2N5O3. The van der Waals surface area contributed by atoms with E-state index in [1.54, 1.807) is 12.1 Å². The van der Waals surface area contributed by atoms with Crippen LogP contribution in [0, 0.1) is 11.6 Å². The van der Waals surface area contributed by atoms with E-state index in [-0.39, 0.29) is 29.0 Å². The van der Waals surface area contributed by atoms with Crippen molar-refractivity contribution in [1.29, 1.82) is 0 Å². The Morgan fingerprint density at radius 1 is 1.21 bits per heavy atom. The van der Waals surface area contributed by atoms with Crippen LogP contribution in [0.3, 0.4) is 0 Å². The van der Waals surface area contributed by atoms with Crippen molar-refractivity contribution in [2.45, 2.75) is 6.54 Å². The number of benzene rings is 2. The van der Waals surface area contributed by atoms with E-state index in [2.05, 4.69) is 20.4 Å². The first-order chi connectivity index (χ1) is 13.9. The molecule has 10 heteroatoms. The summed E-state index contributed by atoms with van der Waals surface area (Å²) in [5.41, 5.74) is 0.194. The van der Waals surface area contributed by atoms with Gasteiger partial charge in [-0.05, 0) is 30.3 Å². The minimum atomic E-state index is -1.15. The van der Waals surface area contributed by atoms with Gasteiger partial charge >= 0.3 is 5.97 Å². The summed E-state index contributed by atoms with van der Waals surface area (Å²) in [6.07, 6.45) is 2.37. The first-order valence-corrected chi connectivity index (χ1v) is 8.41. The lowest BCUT2D eigenvalue weighted by molar-refractivity contribution is 0.0697. The first kappa shape index (κ1) is 18.3. The summed E-state index contributed by atoms with van der Waals surface area (Å²) in [7, 11) is 0. The number of rotatable bonds is 5. The summed E-state index contributed by atoms with van der Waals surface area (Å²) in [5.74, 6) is -2.42. The number of hydrogen-bond donors (Lipinski definition) is 3. The zero-order chi connectivity index (χ0) is 20.5. The molecule has 0 radical (unpaired) electrons. The van der Waals surface area contributed by atoms with Crippen LogP contribution >= 0.6 is 0 Å². The summed E-state index contributed by atoms with van der Waals surface area (Å²) in [6, 6.07) is 8.31. The van der Waals surface area contributed by atoms with Gasteiger partial charge in [0.1, 0.15) is 11.6 Å². The third-order valence-electron chi connectivity index (χ3n) is 4.27. The smallest absolute Gasteiger partial charge is 0.338 e. The molecule has 4 rings (SSSR count). The van der Waals surface area contributed by atoms with E-state index in [1.165, 1.54) is 30.5 Å². The predicted octanol–water partition coefficient (Wildman–Crippen LogP) is 2.70. The van der Waals surface area contributed by atoms with Gasteiger partial charge in [-0.3, -0.25) is 9.78 Å². The quantitative estimate of drug-likeness (QED) is 0.477. The van der Waals surface area contributed by atoms with Gasteiger partial charge in [0.2, 0.25) is 5.95 Å². The monoisotopic (exact) mass is 397 g/mol. The molecular weight excluding hydrogens is 384 g/mol. The Bertz CT molecular complexity index is 1280. The van der Waals surface area contributed by atoms with Crippen molar-refractivity contribution in [2.24, 2.45) is 0 Å². The standard InChI is InChI=1S/C19H13F2N5O3/c20-14-2-1-3-15(21)13(14)8-22-11-4-5-16-12(6-11)17(27)25-19(24-16)26-9-10(7-23-26)18(28)29/h1-7,9,22H,8H2,(H,28,29)(H,24,25,27). The number of anilines is 1. The number of carboxylic acid groups (broad SMARTS) is 1. The number of aromatic amines is 1. The lowest BCUT2D eigenvalue weighted by Gasteiger charge is -2.09. The molecule has 0 aliphatic heterocycles. The van der Waals surface area contributed by atoms with Gasteiger partial charge in [0.15, 0.2) is 0 Å². The highest BCUT2D eigenvalue weighted by atomic mass is 19.1. The third kappa shape index (κ3) is 3.55. The lowest BCUT2D eigenvalue weighted by atomic mass is 10.1. The molecule has 0 fully saturated rings. The molecule has 0 aliphatic carbocycles. The van der Waals surface area contributed by atoms with E-state index in [4.69, 9.17) is 5.11 Å². The maximum atomic E-state index is 13.7. The van der Waals surface area contributed by atoms with Gasteiger partial charge in [-0.25, -0.2) is 23.2 Å². The molecule has 0 aliphatic rings. The third-order valence-corrected chi connectivity index (χ3v) is 4.27. The fourth-order valence-electron chi connectivity index (χ4n) is 2.79. The van der Waals surface area contributed by atoms with Crippen LogP contribution < -0.4 is 10.9 Å². The van der Waals surface area contributed by atoms with Gasteiger partial charge in [0.05, 0.1) is 22.7 Å². The Balaban J connectivity index is 1.63. The summed E-state index contributed by atoms with van der Waals surface area (Å²) < 4.78 is 28.6. The summed E-state index contributed by atoms with van der Waals surface area (Å²) >= 11 is 0. The highest BCUT2D eigenvalue weighted by molar-refractivity contribution is 5.87. The zero-order valence-corrected chi connectivity index (χ0v) is 14.7. The lowest BCUT2D eigenvalue weighted by Crippen LogP contribution is -2.14. The van der Waals surface area contributed by atoms with Crippen LogP contribution in [0.5, 0.6) is 0 Å². The van der Waals surface area contributed by atoms with Crippen LogP contribution in [0.1, 0.15) is 15.9 Å². The SMILES string of the molecule is O=C(O)c1cnn(-c2nc3ccc(NCc4c(F)cccc4F)cc3c(=O)[nH]2)c1. The molecule has 8 nitrogen and oxygen atoms in total.